The highest BCUT2D eigenvalue weighted by atomic mass is 19.1. The first-order valence-electron chi connectivity index (χ1n) is 13.4. The van der Waals surface area contributed by atoms with Crippen molar-refractivity contribution in [3.05, 3.63) is 59.3 Å². The van der Waals surface area contributed by atoms with Crippen molar-refractivity contribution in [2.75, 3.05) is 20.1 Å². The minimum absolute atomic E-state index is 0.00622. The summed E-state index contributed by atoms with van der Waals surface area (Å²) in [6.45, 7) is 10.2. The third kappa shape index (κ3) is 5.61. The number of hydrogen-bond donors (Lipinski definition) is 0. The van der Waals surface area contributed by atoms with E-state index in [-0.39, 0.29) is 11.9 Å². The Hall–Kier alpha value is -3.06. The molecule has 198 valence electrons. The highest BCUT2D eigenvalue weighted by molar-refractivity contribution is 5.99. The number of benzene rings is 1. The molecule has 0 aliphatic carbocycles. The first kappa shape index (κ1) is 27.0. The molecule has 1 unspecified atom stereocenters. The predicted octanol–water partition coefficient (Wildman–Crippen LogP) is 5.58. The third-order valence-corrected chi connectivity index (χ3v) is 7.96. The standard InChI is InChI=1S/C30H39FN4O2/c1-6-25(8-7-13-36)34-12-11-22(18-34)14-23-19-35(28-17-32-16-21(4)29(23)28)27-10-9-24(31)15-26(27)30(37)33(5)20(2)3/h9-10,13,15-17,19-20,22,25H,6-8,11-12,14,18H2,1-5H3/t22-,25?/m1/s1. The van der Waals surface area contributed by atoms with Crippen LogP contribution in [0.4, 0.5) is 4.39 Å². The lowest BCUT2D eigenvalue weighted by Crippen LogP contribution is -2.33. The molecule has 3 aromatic rings. The number of aldehydes is 1. The molecule has 0 saturated carbocycles. The maximum atomic E-state index is 14.3. The first-order chi connectivity index (χ1) is 17.7. The highest BCUT2D eigenvalue weighted by Crippen LogP contribution is 2.33. The largest absolute Gasteiger partial charge is 0.339 e. The van der Waals surface area contributed by atoms with Gasteiger partial charge >= 0.3 is 0 Å². The summed E-state index contributed by atoms with van der Waals surface area (Å²) in [4.78, 5) is 32.9. The normalized spacial score (nSPS) is 17.0. The van der Waals surface area contributed by atoms with Crippen molar-refractivity contribution in [2.45, 2.75) is 71.9 Å². The van der Waals surface area contributed by atoms with Gasteiger partial charge in [-0.15, -0.1) is 0 Å². The van der Waals surface area contributed by atoms with Gasteiger partial charge in [-0.2, -0.15) is 0 Å². The summed E-state index contributed by atoms with van der Waals surface area (Å²) in [5.74, 6) is -0.125. The number of rotatable bonds is 10. The third-order valence-electron chi connectivity index (χ3n) is 7.96. The molecule has 3 heterocycles. The van der Waals surface area contributed by atoms with E-state index in [4.69, 9.17) is 0 Å². The van der Waals surface area contributed by atoms with Crippen LogP contribution < -0.4 is 0 Å². The molecule has 2 atom stereocenters. The molecule has 1 fully saturated rings. The Morgan fingerprint density at radius 3 is 2.78 bits per heavy atom. The molecule has 37 heavy (non-hydrogen) atoms. The molecular weight excluding hydrogens is 467 g/mol. The van der Waals surface area contributed by atoms with E-state index in [9.17, 15) is 14.0 Å². The highest BCUT2D eigenvalue weighted by Gasteiger charge is 2.29. The monoisotopic (exact) mass is 506 g/mol. The van der Waals surface area contributed by atoms with Gasteiger partial charge in [0, 0.05) is 49.9 Å². The van der Waals surface area contributed by atoms with Crippen LogP contribution in [0, 0.1) is 18.7 Å². The Labute approximate surface area is 219 Å². The van der Waals surface area contributed by atoms with Gasteiger partial charge in [-0.05, 0) is 88.2 Å². The number of aryl methyl sites for hydroxylation is 1. The van der Waals surface area contributed by atoms with E-state index in [1.165, 1.54) is 17.7 Å². The number of hydrogen-bond acceptors (Lipinski definition) is 4. The van der Waals surface area contributed by atoms with E-state index >= 15 is 0 Å². The van der Waals surface area contributed by atoms with E-state index in [1.807, 2.05) is 30.8 Å². The maximum Gasteiger partial charge on any atom is 0.256 e. The average Bonchev–Trinajstić information content (AvgIpc) is 3.49. The van der Waals surface area contributed by atoms with Crippen molar-refractivity contribution in [1.29, 1.82) is 0 Å². The topological polar surface area (TPSA) is 58.4 Å². The van der Waals surface area contributed by atoms with Crippen LogP contribution in [0.5, 0.6) is 0 Å². The Kier molecular flexibility index (Phi) is 8.42. The minimum Gasteiger partial charge on any atom is -0.339 e. The second-order valence-corrected chi connectivity index (χ2v) is 10.7. The predicted molar refractivity (Wildman–Crippen MR) is 146 cm³/mol. The number of aromatic nitrogens is 2. The van der Waals surface area contributed by atoms with Crippen LogP contribution in [-0.2, 0) is 11.2 Å². The fourth-order valence-electron chi connectivity index (χ4n) is 5.69. The van der Waals surface area contributed by atoms with Crippen molar-refractivity contribution < 1.29 is 14.0 Å². The molecule has 1 amide bonds. The van der Waals surface area contributed by atoms with E-state index in [2.05, 4.69) is 29.9 Å². The second kappa shape index (κ2) is 11.5. The lowest BCUT2D eigenvalue weighted by atomic mass is 9.97. The van der Waals surface area contributed by atoms with E-state index in [0.717, 1.165) is 61.5 Å². The minimum atomic E-state index is -0.429. The fourth-order valence-corrected chi connectivity index (χ4v) is 5.69. The summed E-state index contributed by atoms with van der Waals surface area (Å²) in [5, 5.41) is 1.15. The van der Waals surface area contributed by atoms with E-state index < -0.39 is 5.82 Å². The number of fused-ring (bicyclic) bond motifs is 1. The smallest absolute Gasteiger partial charge is 0.256 e. The Morgan fingerprint density at radius 2 is 2.08 bits per heavy atom. The molecule has 2 aromatic heterocycles. The van der Waals surface area contributed by atoms with Crippen molar-refractivity contribution in [3.8, 4) is 5.69 Å². The van der Waals surface area contributed by atoms with Crippen LogP contribution >= 0.6 is 0 Å². The number of carbonyl (C=O) groups excluding carboxylic acids is 2. The molecule has 6 nitrogen and oxygen atoms in total. The number of carbonyl (C=O) groups is 2. The number of nitrogens with zero attached hydrogens (tertiary/aromatic N) is 4. The summed E-state index contributed by atoms with van der Waals surface area (Å²) < 4.78 is 16.3. The molecule has 7 heteroatoms. The lowest BCUT2D eigenvalue weighted by molar-refractivity contribution is -0.108. The van der Waals surface area contributed by atoms with Crippen LogP contribution in [0.2, 0.25) is 0 Å². The van der Waals surface area contributed by atoms with E-state index in [1.54, 1.807) is 18.0 Å². The van der Waals surface area contributed by atoms with Crippen molar-refractivity contribution in [1.82, 2.24) is 19.4 Å². The van der Waals surface area contributed by atoms with Crippen LogP contribution in [0.1, 0.15) is 67.9 Å². The number of amides is 1. The van der Waals surface area contributed by atoms with Crippen molar-refractivity contribution in [3.63, 3.8) is 0 Å². The Morgan fingerprint density at radius 1 is 1.30 bits per heavy atom. The van der Waals surface area contributed by atoms with Crippen molar-refractivity contribution in [2.24, 2.45) is 5.92 Å². The van der Waals surface area contributed by atoms with Gasteiger partial charge in [0.25, 0.3) is 5.91 Å². The Balaban J connectivity index is 1.70. The first-order valence-corrected chi connectivity index (χ1v) is 13.4. The zero-order chi connectivity index (χ0) is 26.7. The summed E-state index contributed by atoms with van der Waals surface area (Å²) >= 11 is 0. The lowest BCUT2D eigenvalue weighted by Gasteiger charge is -2.26. The quantitative estimate of drug-likeness (QED) is 0.337. The molecule has 4 rings (SSSR count). The maximum absolute atomic E-state index is 14.3. The SMILES string of the molecule is CCC(CCC=O)N1CC[C@H](Cc2cn(-c3ccc(F)cc3C(=O)N(C)C(C)C)c3cncc(C)c23)C1. The molecule has 0 spiro atoms. The van der Waals surface area contributed by atoms with Crippen LogP contribution in [0.15, 0.2) is 36.8 Å². The second-order valence-electron chi connectivity index (χ2n) is 10.7. The van der Waals surface area contributed by atoms with Crippen LogP contribution in [-0.4, -0.2) is 63.8 Å². The van der Waals surface area contributed by atoms with Crippen LogP contribution in [0.3, 0.4) is 0 Å². The average molecular weight is 507 g/mol. The number of pyridine rings is 1. The molecular formula is C30H39FN4O2. The molecule has 1 aliphatic heterocycles. The zero-order valence-corrected chi connectivity index (χ0v) is 22.7. The van der Waals surface area contributed by atoms with Gasteiger partial charge in [0.15, 0.2) is 0 Å². The molecule has 0 bridgehead atoms. The van der Waals surface area contributed by atoms with Gasteiger partial charge < -0.3 is 19.2 Å². The van der Waals surface area contributed by atoms with Gasteiger partial charge in [0.05, 0.1) is 23.0 Å². The van der Waals surface area contributed by atoms with E-state index in [0.29, 0.717) is 29.6 Å². The molecule has 1 saturated heterocycles. The van der Waals surface area contributed by atoms with Gasteiger partial charge in [-0.3, -0.25) is 9.78 Å². The molecule has 1 aliphatic rings. The van der Waals surface area contributed by atoms with Gasteiger partial charge in [0.1, 0.15) is 12.1 Å². The van der Waals surface area contributed by atoms with Crippen LogP contribution in [0.25, 0.3) is 16.6 Å². The van der Waals surface area contributed by atoms with Gasteiger partial charge in [-0.25, -0.2) is 4.39 Å². The molecule has 0 N–H and O–H groups in total. The number of halogens is 1. The zero-order valence-electron chi connectivity index (χ0n) is 22.7. The molecule has 0 radical (unpaired) electrons. The van der Waals surface area contributed by atoms with Crippen molar-refractivity contribution >= 4 is 23.1 Å². The summed E-state index contributed by atoms with van der Waals surface area (Å²) in [5.41, 5.74) is 4.25. The Bertz CT molecular complexity index is 1270. The summed E-state index contributed by atoms with van der Waals surface area (Å²) in [6.07, 6.45) is 11.5. The van der Waals surface area contributed by atoms with Gasteiger partial charge in [-0.1, -0.05) is 6.92 Å². The van der Waals surface area contributed by atoms with Gasteiger partial charge in [0.2, 0.25) is 0 Å². The summed E-state index contributed by atoms with van der Waals surface area (Å²) in [7, 11) is 1.75. The number of likely N-dealkylation sites (tertiary alicyclic amines) is 1. The fraction of sp³-hybridized carbons (Fsp3) is 0.500. The summed E-state index contributed by atoms with van der Waals surface area (Å²) in [6, 6.07) is 4.89. The molecule has 1 aromatic carbocycles.